The summed E-state index contributed by atoms with van der Waals surface area (Å²) in [5.41, 5.74) is 1.86. The second-order valence-corrected chi connectivity index (χ2v) is 5.64. The quantitative estimate of drug-likeness (QED) is 0.609. The molecule has 2 amide bonds. The molecular formula is C17H18ClFN4O2. The van der Waals surface area contributed by atoms with Crippen molar-refractivity contribution in [2.45, 2.75) is 13.8 Å². The Kier molecular flexibility index (Phi) is 6.30. The van der Waals surface area contributed by atoms with Crippen molar-refractivity contribution in [3.8, 4) is 5.69 Å². The van der Waals surface area contributed by atoms with Gasteiger partial charge in [-0.3, -0.25) is 9.59 Å². The number of carbonyl (C=O) groups is 2. The van der Waals surface area contributed by atoms with Gasteiger partial charge in [0, 0.05) is 31.7 Å². The smallest absolute Gasteiger partial charge is 0.244 e. The summed E-state index contributed by atoms with van der Waals surface area (Å²) in [7, 11) is 0. The molecule has 8 heteroatoms. The SMILES string of the molecule is CC(=O)NCCNC(=O)C=Cc1c(C)nn(-c2ccc(F)cc2)c1Cl. The number of aromatic nitrogens is 2. The van der Waals surface area contributed by atoms with Gasteiger partial charge in [-0.25, -0.2) is 9.07 Å². The van der Waals surface area contributed by atoms with E-state index in [2.05, 4.69) is 15.7 Å². The van der Waals surface area contributed by atoms with Crippen molar-refractivity contribution in [2.24, 2.45) is 0 Å². The summed E-state index contributed by atoms with van der Waals surface area (Å²) in [5.74, 6) is -0.810. The molecule has 0 aliphatic rings. The van der Waals surface area contributed by atoms with Gasteiger partial charge in [0.15, 0.2) is 0 Å². The first-order chi connectivity index (χ1) is 11.9. The number of halogens is 2. The Bertz CT molecular complexity index is 800. The van der Waals surface area contributed by atoms with Crippen LogP contribution in [0, 0.1) is 12.7 Å². The molecule has 132 valence electrons. The van der Waals surface area contributed by atoms with Gasteiger partial charge in [0.05, 0.1) is 11.4 Å². The number of amides is 2. The predicted octanol–water partition coefficient (Wildman–Crippen LogP) is 2.24. The van der Waals surface area contributed by atoms with Crippen molar-refractivity contribution in [3.05, 3.63) is 52.6 Å². The monoisotopic (exact) mass is 364 g/mol. The Morgan fingerprint density at radius 2 is 1.88 bits per heavy atom. The summed E-state index contributed by atoms with van der Waals surface area (Å²) in [4.78, 5) is 22.5. The second-order valence-electron chi connectivity index (χ2n) is 5.29. The van der Waals surface area contributed by atoms with E-state index in [1.165, 1.54) is 29.8 Å². The molecule has 6 nitrogen and oxygen atoms in total. The van der Waals surface area contributed by atoms with Crippen LogP contribution in [-0.4, -0.2) is 34.7 Å². The van der Waals surface area contributed by atoms with Gasteiger partial charge in [-0.15, -0.1) is 0 Å². The zero-order valence-electron chi connectivity index (χ0n) is 13.8. The Morgan fingerprint density at radius 3 is 2.52 bits per heavy atom. The number of aryl methyl sites for hydroxylation is 1. The Morgan fingerprint density at radius 1 is 1.24 bits per heavy atom. The molecule has 0 bridgehead atoms. The van der Waals surface area contributed by atoms with E-state index in [1.54, 1.807) is 25.1 Å². The normalized spacial score (nSPS) is 10.9. The minimum Gasteiger partial charge on any atom is -0.355 e. The highest BCUT2D eigenvalue weighted by Crippen LogP contribution is 2.24. The Balaban J connectivity index is 2.06. The van der Waals surface area contributed by atoms with Crippen molar-refractivity contribution < 1.29 is 14.0 Å². The molecule has 2 rings (SSSR count). The van der Waals surface area contributed by atoms with Crippen LogP contribution in [0.2, 0.25) is 5.15 Å². The van der Waals surface area contributed by atoms with Gasteiger partial charge in [-0.2, -0.15) is 5.10 Å². The second kappa shape index (κ2) is 8.43. The topological polar surface area (TPSA) is 76.0 Å². The van der Waals surface area contributed by atoms with Crippen LogP contribution in [0.25, 0.3) is 11.8 Å². The summed E-state index contributed by atoms with van der Waals surface area (Å²) in [6, 6.07) is 5.77. The first-order valence-electron chi connectivity index (χ1n) is 7.60. The van der Waals surface area contributed by atoms with Crippen LogP contribution >= 0.6 is 11.6 Å². The summed E-state index contributed by atoms with van der Waals surface area (Å²) < 4.78 is 14.5. The van der Waals surface area contributed by atoms with E-state index in [0.29, 0.717) is 35.2 Å². The molecule has 0 saturated carbocycles. The van der Waals surface area contributed by atoms with E-state index >= 15 is 0 Å². The van der Waals surface area contributed by atoms with E-state index in [-0.39, 0.29) is 17.6 Å². The fourth-order valence-corrected chi connectivity index (χ4v) is 2.43. The van der Waals surface area contributed by atoms with Crippen LogP contribution in [0.1, 0.15) is 18.2 Å². The molecule has 0 atom stereocenters. The van der Waals surface area contributed by atoms with Crippen LogP contribution in [0.15, 0.2) is 30.3 Å². The van der Waals surface area contributed by atoms with Gasteiger partial charge in [0.1, 0.15) is 11.0 Å². The summed E-state index contributed by atoms with van der Waals surface area (Å²) in [5, 5.41) is 9.86. The molecule has 0 unspecified atom stereocenters. The molecule has 0 fully saturated rings. The van der Waals surface area contributed by atoms with Crippen molar-refractivity contribution in [2.75, 3.05) is 13.1 Å². The molecule has 0 aliphatic carbocycles. The Labute approximate surface area is 149 Å². The highest BCUT2D eigenvalue weighted by atomic mass is 35.5. The maximum Gasteiger partial charge on any atom is 0.244 e. The van der Waals surface area contributed by atoms with Crippen molar-refractivity contribution in [1.29, 1.82) is 0 Å². The molecule has 1 aromatic carbocycles. The standard InChI is InChI=1S/C17H18ClFN4O2/c1-11-15(7-8-16(25)21-10-9-20-12(2)24)17(18)23(22-11)14-5-3-13(19)4-6-14/h3-8H,9-10H2,1-2H3,(H,20,24)(H,21,25). The third kappa shape index (κ3) is 5.15. The predicted molar refractivity (Wildman–Crippen MR) is 94.0 cm³/mol. The summed E-state index contributed by atoms with van der Waals surface area (Å²) >= 11 is 6.33. The highest BCUT2D eigenvalue weighted by Gasteiger charge is 2.13. The van der Waals surface area contributed by atoms with E-state index in [4.69, 9.17) is 11.6 Å². The van der Waals surface area contributed by atoms with Crippen molar-refractivity contribution >= 4 is 29.5 Å². The number of carbonyl (C=O) groups excluding carboxylic acids is 2. The summed E-state index contributed by atoms with van der Waals surface area (Å²) in [6.45, 7) is 3.85. The van der Waals surface area contributed by atoms with Gasteiger partial charge in [0.25, 0.3) is 0 Å². The van der Waals surface area contributed by atoms with Gasteiger partial charge in [-0.05, 0) is 37.3 Å². The van der Waals surface area contributed by atoms with Crippen LogP contribution in [0.5, 0.6) is 0 Å². The fraction of sp³-hybridized carbons (Fsp3) is 0.235. The number of hydrogen-bond acceptors (Lipinski definition) is 3. The number of nitrogens with one attached hydrogen (secondary N) is 2. The molecule has 1 aromatic heterocycles. The molecule has 0 saturated heterocycles. The average molecular weight is 365 g/mol. The molecule has 0 radical (unpaired) electrons. The maximum absolute atomic E-state index is 13.0. The van der Waals surface area contributed by atoms with Crippen LogP contribution in [0.3, 0.4) is 0 Å². The van der Waals surface area contributed by atoms with Gasteiger partial charge in [-0.1, -0.05) is 11.6 Å². The maximum atomic E-state index is 13.0. The first kappa shape index (κ1) is 18.7. The molecule has 1 heterocycles. The van der Waals surface area contributed by atoms with E-state index < -0.39 is 0 Å². The summed E-state index contributed by atoms with van der Waals surface area (Å²) in [6.07, 6.45) is 2.91. The third-order valence-electron chi connectivity index (χ3n) is 3.32. The third-order valence-corrected chi connectivity index (χ3v) is 3.68. The lowest BCUT2D eigenvalue weighted by atomic mass is 10.2. The fourth-order valence-electron chi connectivity index (χ4n) is 2.10. The molecule has 0 spiro atoms. The van der Waals surface area contributed by atoms with Gasteiger partial charge >= 0.3 is 0 Å². The van der Waals surface area contributed by atoms with Gasteiger partial charge in [0.2, 0.25) is 11.8 Å². The lowest BCUT2D eigenvalue weighted by Crippen LogP contribution is -2.32. The van der Waals surface area contributed by atoms with E-state index in [0.717, 1.165) is 0 Å². The Hall–Kier alpha value is -2.67. The first-order valence-corrected chi connectivity index (χ1v) is 7.97. The number of benzene rings is 1. The highest BCUT2D eigenvalue weighted by molar-refractivity contribution is 6.31. The average Bonchev–Trinajstić information content (AvgIpc) is 2.85. The van der Waals surface area contributed by atoms with Crippen molar-refractivity contribution in [1.82, 2.24) is 20.4 Å². The lowest BCUT2D eigenvalue weighted by Gasteiger charge is -2.03. The molecule has 0 aliphatic heterocycles. The van der Waals surface area contributed by atoms with E-state index in [9.17, 15) is 14.0 Å². The van der Waals surface area contributed by atoms with Crippen LogP contribution in [-0.2, 0) is 9.59 Å². The molecule has 25 heavy (non-hydrogen) atoms. The largest absolute Gasteiger partial charge is 0.355 e. The number of rotatable bonds is 6. The number of hydrogen-bond donors (Lipinski definition) is 2. The minimum atomic E-state index is -0.347. The lowest BCUT2D eigenvalue weighted by molar-refractivity contribution is -0.119. The zero-order chi connectivity index (χ0) is 18.4. The number of nitrogens with zero attached hydrogens (tertiary/aromatic N) is 2. The molecular weight excluding hydrogens is 347 g/mol. The molecule has 2 aromatic rings. The van der Waals surface area contributed by atoms with Gasteiger partial charge < -0.3 is 10.6 Å². The van der Waals surface area contributed by atoms with E-state index in [1.807, 2.05) is 0 Å². The van der Waals surface area contributed by atoms with Crippen molar-refractivity contribution in [3.63, 3.8) is 0 Å². The molecule has 2 N–H and O–H groups in total. The van der Waals surface area contributed by atoms with Crippen LogP contribution < -0.4 is 10.6 Å². The van der Waals surface area contributed by atoms with Crippen LogP contribution in [0.4, 0.5) is 4.39 Å². The zero-order valence-corrected chi connectivity index (χ0v) is 14.6. The minimum absolute atomic E-state index is 0.152.